The van der Waals surface area contributed by atoms with Crippen LogP contribution in [0.1, 0.15) is 0 Å². The van der Waals surface area contributed by atoms with Crippen molar-refractivity contribution in [2.45, 2.75) is 0 Å². The lowest BCUT2D eigenvalue weighted by molar-refractivity contribution is -0.134. The zero-order chi connectivity index (χ0) is 14.1. The van der Waals surface area contributed by atoms with Crippen LogP contribution in [-0.4, -0.2) is 22.2 Å². The van der Waals surface area contributed by atoms with E-state index in [0.717, 1.165) is 0 Å². The fourth-order valence-corrected chi connectivity index (χ4v) is 1.28. The number of dihydropyridines is 1. The number of hydrogen-bond acceptors (Lipinski definition) is 3. The maximum atomic E-state index is 9.55. The fourth-order valence-electron chi connectivity index (χ4n) is 1.28. The predicted octanol–water partition coefficient (Wildman–Crippen LogP) is 1.75. The Hall–Kier alpha value is -2.82. The number of carboxylic acid groups (broad SMARTS) is 2. The van der Waals surface area contributed by atoms with Crippen LogP contribution in [0.15, 0.2) is 72.2 Å². The Morgan fingerprint density at radius 3 is 2.26 bits per heavy atom. The summed E-state index contributed by atoms with van der Waals surface area (Å²) in [6.45, 7) is 0. The van der Waals surface area contributed by atoms with E-state index in [1.807, 2.05) is 30.6 Å². The van der Waals surface area contributed by atoms with Gasteiger partial charge in [0.1, 0.15) is 0 Å². The highest BCUT2D eigenvalue weighted by molar-refractivity contribution is 5.89. The van der Waals surface area contributed by atoms with Crippen molar-refractivity contribution in [2.75, 3.05) is 0 Å². The summed E-state index contributed by atoms with van der Waals surface area (Å²) in [5.41, 5.74) is 2.49. The molecule has 0 aromatic rings. The molecule has 1 aliphatic carbocycles. The summed E-state index contributed by atoms with van der Waals surface area (Å²) in [6, 6.07) is 0. The van der Waals surface area contributed by atoms with Crippen LogP contribution in [0.2, 0.25) is 0 Å². The van der Waals surface area contributed by atoms with Crippen LogP contribution in [0.4, 0.5) is 0 Å². The van der Waals surface area contributed by atoms with Gasteiger partial charge in [0.15, 0.2) is 0 Å². The van der Waals surface area contributed by atoms with E-state index in [4.69, 9.17) is 10.2 Å². The summed E-state index contributed by atoms with van der Waals surface area (Å²) in [5, 5.41) is 18.7. The number of fused-ring (bicyclic) bond motifs is 1. The van der Waals surface area contributed by atoms with Crippen LogP contribution in [0.5, 0.6) is 0 Å². The van der Waals surface area contributed by atoms with Gasteiger partial charge in [-0.05, 0) is 17.2 Å². The van der Waals surface area contributed by atoms with E-state index in [1.54, 1.807) is 0 Å². The van der Waals surface area contributed by atoms with Gasteiger partial charge in [0.2, 0.25) is 0 Å². The quantitative estimate of drug-likeness (QED) is 0.658. The molecule has 5 heteroatoms. The van der Waals surface area contributed by atoms with Crippen molar-refractivity contribution in [1.82, 2.24) is 5.32 Å². The summed E-state index contributed by atoms with van der Waals surface area (Å²) < 4.78 is 0. The maximum absolute atomic E-state index is 9.55. The third kappa shape index (κ3) is 5.88. The standard InChI is InChI=1S/C10H9N.C4H4O4/c1-2-4-9-6-7-11-8-10(9)5-3-1;5-3(6)1-2-4(7)8/h1-8,11H;1-2H,(H,5,6)(H,7,8)/b;2-1-. The van der Waals surface area contributed by atoms with E-state index in [9.17, 15) is 9.59 Å². The second kappa shape index (κ2) is 7.50. The first-order valence-electron chi connectivity index (χ1n) is 5.41. The lowest BCUT2D eigenvalue weighted by Crippen LogP contribution is -2.01. The fraction of sp³-hybridized carbons (Fsp3) is 0. The molecule has 2 rings (SSSR count). The van der Waals surface area contributed by atoms with Gasteiger partial charge < -0.3 is 15.5 Å². The average Bonchev–Trinajstić information content (AvgIpc) is 2.62. The Labute approximate surface area is 110 Å². The number of nitrogens with one attached hydrogen (secondary N) is 1. The van der Waals surface area contributed by atoms with E-state index < -0.39 is 11.9 Å². The number of carbonyl (C=O) groups is 2. The van der Waals surface area contributed by atoms with E-state index in [2.05, 4.69) is 23.5 Å². The molecule has 0 saturated heterocycles. The topological polar surface area (TPSA) is 86.6 Å². The molecule has 0 bridgehead atoms. The summed E-state index contributed by atoms with van der Waals surface area (Å²) in [4.78, 5) is 19.1. The molecule has 3 N–H and O–H groups in total. The molecule has 0 unspecified atom stereocenters. The van der Waals surface area contributed by atoms with Crippen LogP contribution in [0.3, 0.4) is 0 Å². The molecular formula is C14H13NO4. The van der Waals surface area contributed by atoms with Gasteiger partial charge in [-0.1, -0.05) is 30.4 Å². The van der Waals surface area contributed by atoms with Gasteiger partial charge in [0.05, 0.1) is 0 Å². The van der Waals surface area contributed by atoms with Gasteiger partial charge >= 0.3 is 11.9 Å². The molecule has 19 heavy (non-hydrogen) atoms. The molecule has 0 fully saturated rings. The molecular weight excluding hydrogens is 246 g/mol. The Morgan fingerprint density at radius 1 is 0.947 bits per heavy atom. The second-order valence-corrected chi connectivity index (χ2v) is 3.48. The molecule has 0 spiro atoms. The third-order valence-corrected chi connectivity index (χ3v) is 2.07. The smallest absolute Gasteiger partial charge is 0.328 e. The normalized spacial score (nSPS) is 15.4. The monoisotopic (exact) mass is 259 g/mol. The number of hydrogen-bond donors (Lipinski definition) is 3. The van der Waals surface area contributed by atoms with Crippen molar-refractivity contribution >= 4 is 11.9 Å². The first kappa shape index (κ1) is 14.2. The minimum atomic E-state index is -1.26. The van der Waals surface area contributed by atoms with E-state index >= 15 is 0 Å². The molecule has 0 atom stereocenters. The van der Waals surface area contributed by atoms with Gasteiger partial charge in [-0.3, -0.25) is 0 Å². The maximum Gasteiger partial charge on any atom is 0.328 e. The third-order valence-electron chi connectivity index (χ3n) is 2.07. The van der Waals surface area contributed by atoms with Crippen molar-refractivity contribution in [3.05, 3.63) is 72.2 Å². The van der Waals surface area contributed by atoms with Gasteiger partial charge in [0, 0.05) is 24.6 Å². The highest BCUT2D eigenvalue weighted by atomic mass is 16.4. The molecule has 1 heterocycles. The summed E-state index contributed by atoms with van der Waals surface area (Å²) in [5.74, 6) is -2.51. The molecule has 2 aliphatic rings. The summed E-state index contributed by atoms with van der Waals surface area (Å²) in [6.07, 6.45) is 17.4. The molecule has 0 amide bonds. The summed E-state index contributed by atoms with van der Waals surface area (Å²) in [7, 11) is 0. The van der Waals surface area contributed by atoms with Crippen molar-refractivity contribution in [3.63, 3.8) is 0 Å². The molecule has 98 valence electrons. The SMILES string of the molecule is C1=CC=C2C=CNC=C2C=C1.O=C(O)/C=C\C(=O)O. The van der Waals surface area contributed by atoms with E-state index in [1.165, 1.54) is 11.1 Å². The molecule has 1 aliphatic heterocycles. The molecule has 0 saturated carbocycles. The lowest BCUT2D eigenvalue weighted by Gasteiger charge is -2.07. The van der Waals surface area contributed by atoms with Crippen LogP contribution in [-0.2, 0) is 9.59 Å². The molecule has 0 radical (unpaired) electrons. The number of aliphatic carboxylic acids is 2. The van der Waals surface area contributed by atoms with Crippen molar-refractivity contribution in [2.24, 2.45) is 0 Å². The van der Waals surface area contributed by atoms with E-state index in [0.29, 0.717) is 12.2 Å². The summed E-state index contributed by atoms with van der Waals surface area (Å²) >= 11 is 0. The van der Waals surface area contributed by atoms with Crippen molar-refractivity contribution < 1.29 is 19.8 Å². The molecule has 5 nitrogen and oxygen atoms in total. The minimum absolute atomic E-state index is 0.558. The lowest BCUT2D eigenvalue weighted by atomic mass is 10.1. The predicted molar refractivity (Wildman–Crippen MR) is 71.1 cm³/mol. The van der Waals surface area contributed by atoms with Gasteiger partial charge in [-0.25, -0.2) is 9.59 Å². The zero-order valence-electron chi connectivity index (χ0n) is 9.98. The molecule has 0 aromatic heterocycles. The average molecular weight is 259 g/mol. The first-order chi connectivity index (χ1) is 9.09. The number of allylic oxidation sites excluding steroid dienone is 8. The Kier molecular flexibility index (Phi) is 5.62. The van der Waals surface area contributed by atoms with E-state index in [-0.39, 0.29) is 0 Å². The van der Waals surface area contributed by atoms with Gasteiger partial charge in [-0.2, -0.15) is 0 Å². The number of carboxylic acids is 2. The van der Waals surface area contributed by atoms with Gasteiger partial charge in [-0.15, -0.1) is 0 Å². The van der Waals surface area contributed by atoms with Crippen molar-refractivity contribution in [1.29, 1.82) is 0 Å². The molecule has 0 aromatic carbocycles. The Morgan fingerprint density at radius 2 is 1.63 bits per heavy atom. The first-order valence-corrected chi connectivity index (χ1v) is 5.41. The van der Waals surface area contributed by atoms with Crippen LogP contribution in [0.25, 0.3) is 0 Å². The Balaban J connectivity index is 0.000000203. The Bertz CT molecular complexity index is 518. The van der Waals surface area contributed by atoms with Crippen LogP contribution >= 0.6 is 0 Å². The minimum Gasteiger partial charge on any atom is -0.478 e. The zero-order valence-corrected chi connectivity index (χ0v) is 9.98. The highest BCUT2D eigenvalue weighted by Crippen LogP contribution is 2.17. The highest BCUT2D eigenvalue weighted by Gasteiger charge is 2.01. The van der Waals surface area contributed by atoms with Gasteiger partial charge in [0.25, 0.3) is 0 Å². The van der Waals surface area contributed by atoms with Crippen LogP contribution in [0, 0.1) is 0 Å². The largest absolute Gasteiger partial charge is 0.478 e. The second-order valence-electron chi connectivity index (χ2n) is 3.48. The van der Waals surface area contributed by atoms with Crippen LogP contribution < -0.4 is 5.32 Å². The van der Waals surface area contributed by atoms with Crippen molar-refractivity contribution in [3.8, 4) is 0 Å². The number of rotatable bonds is 2.